The monoisotopic (exact) mass is 285 g/mol. The number of aryl methyl sites for hydroxylation is 2. The van der Waals surface area contributed by atoms with Gasteiger partial charge in [0.25, 0.3) is 0 Å². The van der Waals surface area contributed by atoms with E-state index in [1.165, 1.54) is 18.7 Å². The van der Waals surface area contributed by atoms with Gasteiger partial charge in [0, 0.05) is 32.3 Å². The zero-order valence-electron chi connectivity index (χ0n) is 11.9. The fourth-order valence-electron chi connectivity index (χ4n) is 2.71. The Labute approximate surface area is 123 Å². The van der Waals surface area contributed by atoms with Gasteiger partial charge < -0.3 is 15.0 Å². The highest BCUT2D eigenvalue weighted by molar-refractivity contribution is 5.87. The molecule has 110 valence electrons. The first kappa shape index (κ1) is 13.8. The zero-order chi connectivity index (χ0) is 14.7. The Kier molecular flexibility index (Phi) is 4.01. The van der Waals surface area contributed by atoms with Crippen LogP contribution in [0.2, 0.25) is 0 Å². The van der Waals surface area contributed by atoms with Gasteiger partial charge >= 0.3 is 5.97 Å². The van der Waals surface area contributed by atoms with E-state index in [2.05, 4.69) is 21.1 Å². The third-order valence-electron chi connectivity index (χ3n) is 3.77. The van der Waals surface area contributed by atoms with Crippen LogP contribution in [0.4, 0.5) is 0 Å². The van der Waals surface area contributed by atoms with Crippen molar-refractivity contribution in [3.05, 3.63) is 53.1 Å². The molecule has 2 N–H and O–H groups in total. The minimum absolute atomic E-state index is 0.326. The summed E-state index contributed by atoms with van der Waals surface area (Å²) in [5, 5.41) is 12.3. The van der Waals surface area contributed by atoms with Gasteiger partial charge in [-0.1, -0.05) is 12.1 Å². The largest absolute Gasteiger partial charge is 0.478 e. The van der Waals surface area contributed by atoms with Crippen molar-refractivity contribution in [3.63, 3.8) is 0 Å². The van der Waals surface area contributed by atoms with Crippen LogP contribution in [0.15, 0.2) is 30.5 Å². The summed E-state index contributed by atoms with van der Waals surface area (Å²) in [6, 6.07) is 7.01. The van der Waals surface area contributed by atoms with Crippen molar-refractivity contribution in [2.24, 2.45) is 0 Å². The molecule has 0 unspecified atom stereocenters. The van der Waals surface area contributed by atoms with Gasteiger partial charge in [-0.05, 0) is 30.5 Å². The van der Waals surface area contributed by atoms with E-state index in [-0.39, 0.29) is 0 Å². The van der Waals surface area contributed by atoms with Gasteiger partial charge in [-0.3, -0.25) is 0 Å². The number of rotatable bonds is 5. The van der Waals surface area contributed by atoms with Crippen LogP contribution in [-0.4, -0.2) is 20.6 Å². The number of carbonyl (C=O) groups is 1. The maximum Gasteiger partial charge on any atom is 0.335 e. The average Bonchev–Trinajstić information content (AvgIpc) is 2.90. The lowest BCUT2D eigenvalue weighted by molar-refractivity contribution is 0.0696. The van der Waals surface area contributed by atoms with E-state index in [9.17, 15) is 4.79 Å². The molecule has 1 aliphatic heterocycles. The maximum atomic E-state index is 10.9. The highest BCUT2D eigenvalue weighted by atomic mass is 16.4. The number of benzene rings is 1. The molecule has 0 spiro atoms. The predicted molar refractivity (Wildman–Crippen MR) is 79.1 cm³/mol. The molecule has 0 radical (unpaired) electrons. The van der Waals surface area contributed by atoms with Gasteiger partial charge in [0.2, 0.25) is 0 Å². The summed E-state index contributed by atoms with van der Waals surface area (Å²) in [5.41, 5.74) is 2.35. The van der Waals surface area contributed by atoms with Crippen molar-refractivity contribution >= 4 is 5.97 Å². The molecule has 0 fully saturated rings. The summed E-state index contributed by atoms with van der Waals surface area (Å²) in [6.07, 6.45) is 5.65. The molecule has 0 aliphatic carbocycles. The highest BCUT2D eigenvalue weighted by Crippen LogP contribution is 2.14. The van der Waals surface area contributed by atoms with E-state index in [1.807, 2.05) is 6.07 Å². The van der Waals surface area contributed by atoms with Gasteiger partial charge in [-0.15, -0.1) is 0 Å². The number of nitrogens with zero attached hydrogens (tertiary/aromatic N) is 2. The number of fused-ring (bicyclic) bond motifs is 1. The standard InChI is InChI=1S/C16H19N3O2/c20-16(21)13-5-3-4-12(8-13)9-17-10-14-11-19-7-2-1-6-15(19)18-14/h3-5,8,11,17H,1-2,6-7,9-10H2,(H,20,21). The third-order valence-corrected chi connectivity index (χ3v) is 3.77. The first-order valence-electron chi connectivity index (χ1n) is 7.30. The molecule has 1 aromatic heterocycles. The molecule has 3 rings (SSSR count). The summed E-state index contributed by atoms with van der Waals surface area (Å²) in [6.45, 7) is 2.42. The van der Waals surface area contributed by atoms with E-state index < -0.39 is 5.97 Å². The summed E-state index contributed by atoms with van der Waals surface area (Å²) in [5.74, 6) is 0.296. The van der Waals surface area contributed by atoms with Crippen LogP contribution < -0.4 is 5.32 Å². The number of carboxylic acid groups (broad SMARTS) is 1. The number of hydrogen-bond donors (Lipinski definition) is 2. The smallest absolute Gasteiger partial charge is 0.335 e. The molecule has 0 atom stereocenters. The second-order valence-electron chi connectivity index (χ2n) is 5.41. The molecule has 0 bridgehead atoms. The van der Waals surface area contributed by atoms with Crippen LogP contribution in [0.25, 0.3) is 0 Å². The van der Waals surface area contributed by atoms with Crippen molar-refractivity contribution in [2.75, 3.05) is 0 Å². The van der Waals surface area contributed by atoms with E-state index in [1.54, 1.807) is 18.2 Å². The second-order valence-corrected chi connectivity index (χ2v) is 5.41. The Morgan fingerprint density at radius 1 is 1.33 bits per heavy atom. The molecule has 1 aliphatic rings. The topological polar surface area (TPSA) is 67.2 Å². The Balaban J connectivity index is 1.57. The van der Waals surface area contributed by atoms with Crippen LogP contribution in [0, 0.1) is 0 Å². The third kappa shape index (κ3) is 3.31. The molecule has 0 saturated heterocycles. The number of aromatic nitrogens is 2. The van der Waals surface area contributed by atoms with Gasteiger partial charge in [-0.25, -0.2) is 9.78 Å². The zero-order valence-corrected chi connectivity index (χ0v) is 11.9. The SMILES string of the molecule is O=C(O)c1cccc(CNCc2cn3c(n2)CCCC3)c1. The summed E-state index contributed by atoms with van der Waals surface area (Å²) < 4.78 is 2.24. The van der Waals surface area contributed by atoms with Crippen LogP contribution in [0.1, 0.15) is 40.3 Å². The average molecular weight is 285 g/mol. The maximum absolute atomic E-state index is 10.9. The van der Waals surface area contributed by atoms with Crippen LogP contribution in [0.3, 0.4) is 0 Å². The lowest BCUT2D eigenvalue weighted by Crippen LogP contribution is -2.13. The van der Waals surface area contributed by atoms with Crippen molar-refractivity contribution in [1.29, 1.82) is 0 Å². The van der Waals surface area contributed by atoms with Crippen LogP contribution in [-0.2, 0) is 26.1 Å². The first-order valence-corrected chi connectivity index (χ1v) is 7.30. The fourth-order valence-corrected chi connectivity index (χ4v) is 2.71. The summed E-state index contributed by atoms with van der Waals surface area (Å²) >= 11 is 0. The summed E-state index contributed by atoms with van der Waals surface area (Å²) in [4.78, 5) is 15.6. The number of nitrogens with one attached hydrogen (secondary N) is 1. The molecule has 0 saturated carbocycles. The van der Waals surface area contributed by atoms with E-state index >= 15 is 0 Å². The molecule has 2 heterocycles. The number of carboxylic acids is 1. The van der Waals surface area contributed by atoms with E-state index in [0.29, 0.717) is 18.7 Å². The Bertz CT molecular complexity index is 625. The number of aromatic carboxylic acids is 1. The minimum Gasteiger partial charge on any atom is -0.478 e. The molecule has 0 amide bonds. The van der Waals surface area contributed by atoms with Crippen molar-refractivity contribution in [1.82, 2.24) is 14.9 Å². The highest BCUT2D eigenvalue weighted by Gasteiger charge is 2.11. The molecule has 2 aromatic rings. The quantitative estimate of drug-likeness (QED) is 0.884. The van der Waals surface area contributed by atoms with Gasteiger partial charge in [0.05, 0.1) is 11.3 Å². The predicted octanol–water partition coefficient (Wildman–Crippen LogP) is 2.21. The molecule has 5 heteroatoms. The summed E-state index contributed by atoms with van der Waals surface area (Å²) in [7, 11) is 0. The number of imidazole rings is 1. The minimum atomic E-state index is -0.890. The molecular weight excluding hydrogens is 266 g/mol. The lowest BCUT2D eigenvalue weighted by Gasteiger charge is -2.11. The molecule has 1 aromatic carbocycles. The van der Waals surface area contributed by atoms with E-state index in [0.717, 1.165) is 24.2 Å². The van der Waals surface area contributed by atoms with Gasteiger partial charge in [-0.2, -0.15) is 0 Å². The van der Waals surface area contributed by atoms with Crippen molar-refractivity contribution in [3.8, 4) is 0 Å². The van der Waals surface area contributed by atoms with Crippen molar-refractivity contribution < 1.29 is 9.90 Å². The first-order chi connectivity index (χ1) is 10.2. The Hall–Kier alpha value is -2.14. The molecular formula is C16H19N3O2. The van der Waals surface area contributed by atoms with Crippen LogP contribution in [0.5, 0.6) is 0 Å². The Morgan fingerprint density at radius 2 is 2.24 bits per heavy atom. The second kappa shape index (κ2) is 6.10. The van der Waals surface area contributed by atoms with Crippen LogP contribution >= 0.6 is 0 Å². The molecule has 5 nitrogen and oxygen atoms in total. The van der Waals surface area contributed by atoms with Gasteiger partial charge in [0.1, 0.15) is 5.82 Å². The van der Waals surface area contributed by atoms with Crippen molar-refractivity contribution in [2.45, 2.75) is 38.9 Å². The Morgan fingerprint density at radius 3 is 3.05 bits per heavy atom. The molecule has 21 heavy (non-hydrogen) atoms. The lowest BCUT2D eigenvalue weighted by atomic mass is 10.1. The van der Waals surface area contributed by atoms with E-state index in [4.69, 9.17) is 5.11 Å². The normalized spacial score (nSPS) is 13.9. The van der Waals surface area contributed by atoms with Gasteiger partial charge in [0.15, 0.2) is 0 Å². The fraction of sp³-hybridized carbons (Fsp3) is 0.375. The number of hydrogen-bond acceptors (Lipinski definition) is 3.